The lowest BCUT2D eigenvalue weighted by Crippen LogP contribution is -2.29. The monoisotopic (exact) mass is 458 g/mol. The van der Waals surface area contributed by atoms with Crippen molar-refractivity contribution in [2.75, 3.05) is 19.1 Å². The molecule has 0 bridgehead atoms. The number of carbonyl (C=O) groups excluding carboxylic acids is 2. The van der Waals surface area contributed by atoms with Crippen LogP contribution in [-0.2, 0) is 9.59 Å². The van der Waals surface area contributed by atoms with Crippen molar-refractivity contribution in [1.82, 2.24) is 0 Å². The number of hydrogen-bond donors (Lipinski definition) is 1. The third-order valence-electron chi connectivity index (χ3n) is 5.57. The van der Waals surface area contributed by atoms with E-state index in [1.54, 1.807) is 36.4 Å². The predicted octanol–water partition coefficient (Wildman–Crippen LogP) is 4.34. The maximum absolute atomic E-state index is 14.0. The van der Waals surface area contributed by atoms with Crippen LogP contribution in [0.2, 0.25) is 0 Å². The van der Waals surface area contributed by atoms with Crippen LogP contribution in [0.5, 0.6) is 11.5 Å². The van der Waals surface area contributed by atoms with Crippen molar-refractivity contribution in [3.8, 4) is 17.6 Å². The van der Waals surface area contributed by atoms with Gasteiger partial charge in [-0.3, -0.25) is 14.5 Å². The molecule has 1 fully saturated rings. The number of nitrogens with zero attached hydrogens (tertiary/aromatic N) is 2. The summed E-state index contributed by atoms with van der Waals surface area (Å²) in [5, 5.41) is 20.3. The second-order valence-corrected chi connectivity index (χ2v) is 7.45. The first kappa shape index (κ1) is 22.6. The highest BCUT2D eigenvalue weighted by Crippen LogP contribution is 2.43. The molecule has 34 heavy (non-hydrogen) atoms. The van der Waals surface area contributed by atoms with E-state index in [1.807, 2.05) is 6.07 Å². The van der Waals surface area contributed by atoms with Crippen LogP contribution in [0.15, 0.2) is 72.3 Å². The first-order valence-electron chi connectivity index (χ1n) is 10.2. The molecule has 0 aliphatic carbocycles. The van der Waals surface area contributed by atoms with Gasteiger partial charge in [-0.25, -0.2) is 4.39 Å². The summed E-state index contributed by atoms with van der Waals surface area (Å²) in [5.41, 5.74) is 0.974. The smallest absolute Gasteiger partial charge is 0.300 e. The van der Waals surface area contributed by atoms with Crippen molar-refractivity contribution in [3.63, 3.8) is 0 Å². The van der Waals surface area contributed by atoms with Crippen molar-refractivity contribution in [2.24, 2.45) is 0 Å². The van der Waals surface area contributed by atoms with Gasteiger partial charge in [0.25, 0.3) is 11.7 Å². The summed E-state index contributed by atoms with van der Waals surface area (Å²) in [6.07, 6.45) is 0. The normalized spacial score (nSPS) is 16.9. The Hall–Kier alpha value is -4.64. The molecule has 1 aliphatic heterocycles. The lowest BCUT2D eigenvalue weighted by Gasteiger charge is -2.25. The molecular weight excluding hydrogens is 439 g/mol. The minimum Gasteiger partial charge on any atom is -0.507 e. The van der Waals surface area contributed by atoms with Gasteiger partial charge in [0, 0.05) is 5.69 Å². The first-order valence-corrected chi connectivity index (χ1v) is 10.2. The fourth-order valence-corrected chi connectivity index (χ4v) is 3.91. The van der Waals surface area contributed by atoms with Gasteiger partial charge in [0.1, 0.15) is 23.1 Å². The first-order chi connectivity index (χ1) is 16.4. The molecule has 1 amide bonds. The molecular formula is C26H19FN2O5. The Balaban J connectivity index is 1.96. The van der Waals surface area contributed by atoms with Gasteiger partial charge in [-0.2, -0.15) is 5.26 Å². The van der Waals surface area contributed by atoms with E-state index >= 15 is 0 Å². The van der Waals surface area contributed by atoms with E-state index in [2.05, 4.69) is 0 Å². The molecule has 0 radical (unpaired) electrons. The van der Waals surface area contributed by atoms with Crippen LogP contribution in [0.1, 0.15) is 22.7 Å². The Bertz CT molecular complexity index is 1340. The molecule has 8 heteroatoms. The molecule has 1 saturated heterocycles. The van der Waals surface area contributed by atoms with Crippen molar-refractivity contribution in [2.45, 2.75) is 6.04 Å². The Kier molecular flexibility index (Phi) is 6.02. The summed E-state index contributed by atoms with van der Waals surface area (Å²) in [4.78, 5) is 27.6. The number of ketones is 1. The maximum atomic E-state index is 14.0. The van der Waals surface area contributed by atoms with E-state index in [9.17, 15) is 19.1 Å². The van der Waals surface area contributed by atoms with Crippen LogP contribution in [0.4, 0.5) is 10.1 Å². The Labute approximate surface area is 194 Å². The number of rotatable bonds is 5. The highest BCUT2D eigenvalue weighted by Gasteiger charge is 2.47. The number of carbonyl (C=O) groups is 2. The molecule has 170 valence electrons. The number of aliphatic hydroxyl groups is 1. The van der Waals surface area contributed by atoms with E-state index in [-0.39, 0.29) is 16.9 Å². The number of methoxy groups -OCH3 is 2. The number of anilines is 1. The summed E-state index contributed by atoms with van der Waals surface area (Å²) in [7, 11) is 2.86. The zero-order valence-electron chi connectivity index (χ0n) is 18.3. The lowest BCUT2D eigenvalue weighted by molar-refractivity contribution is -0.132. The Morgan fingerprint density at radius 2 is 1.68 bits per heavy atom. The SMILES string of the molecule is COc1ccc(C2/C(=C(\O)c3cc(F)ccc3OC)C(=O)C(=O)N2c2ccc(C#N)cc2)cc1. The standard InChI is InChI=1S/C26H19FN2O5/c1-33-19-10-5-16(6-11-19)23-22(24(30)20-13-17(27)7-12-21(20)34-2)25(31)26(32)29(23)18-8-3-15(14-28)4-9-18/h3-13,23,30H,1-2H3/b24-22+. The molecule has 3 aromatic rings. The van der Waals surface area contributed by atoms with Gasteiger partial charge in [-0.1, -0.05) is 12.1 Å². The molecule has 1 heterocycles. The summed E-state index contributed by atoms with van der Waals surface area (Å²) in [6, 6.07) is 17.3. The minimum atomic E-state index is -1.02. The van der Waals surface area contributed by atoms with E-state index in [0.717, 1.165) is 12.1 Å². The van der Waals surface area contributed by atoms with Crippen molar-refractivity contribution >= 4 is 23.1 Å². The zero-order valence-corrected chi connectivity index (χ0v) is 18.3. The van der Waals surface area contributed by atoms with Crippen LogP contribution in [0.3, 0.4) is 0 Å². The van der Waals surface area contributed by atoms with Crippen molar-refractivity contribution < 1.29 is 28.6 Å². The molecule has 1 unspecified atom stereocenters. The number of ether oxygens (including phenoxy) is 2. The zero-order chi connectivity index (χ0) is 24.4. The van der Waals surface area contributed by atoms with Crippen LogP contribution >= 0.6 is 0 Å². The second-order valence-electron chi connectivity index (χ2n) is 7.45. The third kappa shape index (κ3) is 3.84. The number of amides is 1. The van der Waals surface area contributed by atoms with Crippen LogP contribution in [0, 0.1) is 17.1 Å². The molecule has 4 rings (SSSR count). The van der Waals surface area contributed by atoms with Crippen molar-refractivity contribution in [1.29, 1.82) is 5.26 Å². The number of aliphatic hydroxyl groups excluding tert-OH is 1. The summed E-state index contributed by atoms with van der Waals surface area (Å²) in [5.74, 6) is -2.32. The van der Waals surface area contributed by atoms with Gasteiger partial charge in [0.15, 0.2) is 0 Å². The van der Waals surface area contributed by atoms with Crippen LogP contribution < -0.4 is 14.4 Å². The molecule has 1 atom stereocenters. The third-order valence-corrected chi connectivity index (χ3v) is 5.57. The average Bonchev–Trinajstić information content (AvgIpc) is 3.13. The summed E-state index contributed by atoms with van der Waals surface area (Å²) >= 11 is 0. The number of nitriles is 1. The van der Waals surface area contributed by atoms with Gasteiger partial charge in [-0.15, -0.1) is 0 Å². The van der Waals surface area contributed by atoms with Gasteiger partial charge in [0.2, 0.25) is 0 Å². The summed E-state index contributed by atoms with van der Waals surface area (Å²) < 4.78 is 24.5. The lowest BCUT2D eigenvalue weighted by atomic mass is 9.94. The number of Topliss-reactive ketones (excluding diaryl/α,β-unsaturated/α-hetero) is 1. The van der Waals surface area contributed by atoms with Gasteiger partial charge >= 0.3 is 0 Å². The topological polar surface area (TPSA) is 99.9 Å². The second kappa shape index (κ2) is 9.08. The highest BCUT2D eigenvalue weighted by molar-refractivity contribution is 6.51. The number of benzene rings is 3. The van der Waals surface area contributed by atoms with E-state index in [1.165, 1.54) is 37.3 Å². The van der Waals surface area contributed by atoms with Gasteiger partial charge in [-0.05, 0) is 60.2 Å². The van der Waals surface area contributed by atoms with Crippen molar-refractivity contribution in [3.05, 3.63) is 94.8 Å². The van der Waals surface area contributed by atoms with Crippen LogP contribution in [-0.4, -0.2) is 31.0 Å². The molecule has 0 saturated carbocycles. The summed E-state index contributed by atoms with van der Waals surface area (Å²) in [6.45, 7) is 0. The molecule has 1 aliphatic rings. The Morgan fingerprint density at radius 1 is 1.00 bits per heavy atom. The fourth-order valence-electron chi connectivity index (χ4n) is 3.91. The van der Waals surface area contributed by atoms with Crippen LogP contribution in [0.25, 0.3) is 5.76 Å². The quantitative estimate of drug-likeness (QED) is 0.347. The molecule has 0 spiro atoms. The fraction of sp³-hybridized carbons (Fsp3) is 0.115. The average molecular weight is 458 g/mol. The molecule has 3 aromatic carbocycles. The number of hydrogen-bond acceptors (Lipinski definition) is 6. The number of halogens is 1. The van der Waals surface area contributed by atoms with Gasteiger partial charge < -0.3 is 14.6 Å². The van der Waals surface area contributed by atoms with E-state index in [4.69, 9.17) is 14.7 Å². The van der Waals surface area contributed by atoms with Gasteiger partial charge in [0.05, 0.1) is 43.0 Å². The maximum Gasteiger partial charge on any atom is 0.300 e. The molecule has 0 aromatic heterocycles. The van der Waals surface area contributed by atoms with E-state index in [0.29, 0.717) is 22.6 Å². The predicted molar refractivity (Wildman–Crippen MR) is 122 cm³/mol. The van der Waals surface area contributed by atoms with E-state index < -0.39 is 29.3 Å². The molecule has 7 nitrogen and oxygen atoms in total. The Morgan fingerprint density at radius 3 is 2.26 bits per heavy atom. The highest BCUT2D eigenvalue weighted by atomic mass is 19.1. The largest absolute Gasteiger partial charge is 0.507 e. The minimum absolute atomic E-state index is 0.0566. The molecule has 1 N–H and O–H groups in total.